The zero-order chi connectivity index (χ0) is 18.4. The standard InChI is InChI=1S/C22H22N2OS/c1-16-9-6-7-14-20(16)21(17-10-4-3-5-11-17)24-22(26)23-18-12-8-13-19(15-18)25-2/h3-15,21H,1-2H3,(H2,23,24,26)/t21-/m1/s1. The van der Waals surface area contributed by atoms with Crippen molar-refractivity contribution in [3.05, 3.63) is 95.6 Å². The third-order valence-electron chi connectivity index (χ3n) is 4.24. The van der Waals surface area contributed by atoms with Crippen LogP contribution in [0.5, 0.6) is 5.75 Å². The lowest BCUT2D eigenvalue weighted by atomic mass is 9.95. The van der Waals surface area contributed by atoms with Gasteiger partial charge in [-0.1, -0.05) is 60.7 Å². The summed E-state index contributed by atoms with van der Waals surface area (Å²) in [5.41, 5.74) is 4.47. The number of nitrogens with one attached hydrogen (secondary N) is 2. The smallest absolute Gasteiger partial charge is 0.171 e. The van der Waals surface area contributed by atoms with Gasteiger partial charge in [-0.3, -0.25) is 0 Å². The van der Waals surface area contributed by atoms with Gasteiger partial charge in [0.05, 0.1) is 13.2 Å². The Hall–Kier alpha value is -2.85. The van der Waals surface area contributed by atoms with E-state index in [-0.39, 0.29) is 6.04 Å². The van der Waals surface area contributed by atoms with Gasteiger partial charge in [0.25, 0.3) is 0 Å². The lowest BCUT2D eigenvalue weighted by Gasteiger charge is -2.23. The summed E-state index contributed by atoms with van der Waals surface area (Å²) in [7, 11) is 1.65. The second kappa shape index (κ2) is 8.50. The highest BCUT2D eigenvalue weighted by atomic mass is 32.1. The Morgan fingerprint density at radius 1 is 0.923 bits per heavy atom. The number of rotatable bonds is 5. The molecule has 0 aliphatic rings. The second-order valence-corrected chi connectivity index (χ2v) is 6.44. The SMILES string of the molecule is COc1cccc(NC(=S)N[C@H](c2ccccc2)c2ccccc2C)c1. The molecular weight excluding hydrogens is 340 g/mol. The molecule has 4 heteroatoms. The largest absolute Gasteiger partial charge is 0.497 e. The Morgan fingerprint density at radius 2 is 1.65 bits per heavy atom. The van der Waals surface area contributed by atoms with Crippen LogP contribution in [-0.2, 0) is 0 Å². The van der Waals surface area contributed by atoms with Gasteiger partial charge in [-0.15, -0.1) is 0 Å². The topological polar surface area (TPSA) is 33.3 Å². The van der Waals surface area contributed by atoms with E-state index < -0.39 is 0 Å². The van der Waals surface area contributed by atoms with Gasteiger partial charge in [0.15, 0.2) is 5.11 Å². The van der Waals surface area contributed by atoms with Crippen LogP contribution in [0, 0.1) is 6.92 Å². The van der Waals surface area contributed by atoms with E-state index >= 15 is 0 Å². The Balaban J connectivity index is 1.84. The average molecular weight is 362 g/mol. The molecule has 0 fully saturated rings. The maximum Gasteiger partial charge on any atom is 0.171 e. The molecule has 0 saturated carbocycles. The molecule has 0 aromatic heterocycles. The molecule has 0 aliphatic carbocycles. The van der Waals surface area contributed by atoms with Gasteiger partial charge in [-0.05, 0) is 48.0 Å². The Kier molecular flexibility index (Phi) is 5.87. The highest BCUT2D eigenvalue weighted by Gasteiger charge is 2.17. The minimum atomic E-state index is -0.0250. The number of hydrogen-bond donors (Lipinski definition) is 2. The molecule has 0 spiro atoms. The van der Waals surface area contributed by atoms with Crippen LogP contribution >= 0.6 is 12.2 Å². The predicted octanol–water partition coefficient (Wildman–Crippen LogP) is 5.08. The van der Waals surface area contributed by atoms with Crippen LogP contribution in [-0.4, -0.2) is 12.2 Å². The number of aryl methyl sites for hydroxylation is 1. The van der Waals surface area contributed by atoms with E-state index in [1.165, 1.54) is 11.1 Å². The summed E-state index contributed by atoms with van der Waals surface area (Å²) in [5, 5.41) is 7.27. The molecule has 0 radical (unpaired) electrons. The Labute approximate surface area is 160 Å². The zero-order valence-electron chi connectivity index (χ0n) is 14.9. The van der Waals surface area contributed by atoms with Gasteiger partial charge in [0.2, 0.25) is 0 Å². The number of ether oxygens (including phenoxy) is 1. The molecule has 3 nitrogen and oxygen atoms in total. The monoisotopic (exact) mass is 362 g/mol. The molecule has 3 aromatic rings. The third kappa shape index (κ3) is 4.41. The fraction of sp³-hybridized carbons (Fsp3) is 0.136. The minimum absolute atomic E-state index is 0.0250. The van der Waals surface area contributed by atoms with E-state index in [1.807, 2.05) is 48.5 Å². The van der Waals surface area contributed by atoms with E-state index in [2.05, 4.69) is 47.9 Å². The quantitative estimate of drug-likeness (QED) is 0.620. The third-order valence-corrected chi connectivity index (χ3v) is 4.46. The number of benzene rings is 3. The van der Waals surface area contributed by atoms with Gasteiger partial charge in [0, 0.05) is 11.8 Å². The molecule has 0 heterocycles. The molecule has 3 rings (SSSR count). The van der Waals surface area contributed by atoms with Gasteiger partial charge in [-0.25, -0.2) is 0 Å². The molecular formula is C22H22N2OS. The first-order chi connectivity index (χ1) is 12.7. The molecule has 0 amide bonds. The van der Waals surface area contributed by atoms with Crippen LogP contribution < -0.4 is 15.4 Å². The molecule has 0 bridgehead atoms. The van der Waals surface area contributed by atoms with Crippen molar-refractivity contribution in [3.8, 4) is 5.75 Å². The first-order valence-corrected chi connectivity index (χ1v) is 8.90. The van der Waals surface area contributed by atoms with Crippen LogP contribution in [0.2, 0.25) is 0 Å². The van der Waals surface area contributed by atoms with E-state index in [9.17, 15) is 0 Å². The normalized spacial score (nSPS) is 11.5. The minimum Gasteiger partial charge on any atom is -0.497 e. The summed E-state index contributed by atoms with van der Waals surface area (Å²) in [6, 6.07) is 26.4. The maximum absolute atomic E-state index is 5.57. The molecule has 2 N–H and O–H groups in total. The number of methoxy groups -OCH3 is 1. The van der Waals surface area contributed by atoms with Crippen molar-refractivity contribution >= 4 is 23.0 Å². The van der Waals surface area contributed by atoms with E-state index in [0.717, 1.165) is 17.0 Å². The van der Waals surface area contributed by atoms with Crippen molar-refractivity contribution in [2.24, 2.45) is 0 Å². The first kappa shape index (κ1) is 18.0. The molecule has 3 aromatic carbocycles. The molecule has 1 atom stereocenters. The fourth-order valence-corrected chi connectivity index (χ4v) is 3.13. The summed E-state index contributed by atoms with van der Waals surface area (Å²) < 4.78 is 5.27. The summed E-state index contributed by atoms with van der Waals surface area (Å²) in [4.78, 5) is 0. The van der Waals surface area contributed by atoms with E-state index in [1.54, 1.807) is 7.11 Å². The van der Waals surface area contributed by atoms with Crippen LogP contribution in [0.1, 0.15) is 22.7 Å². The highest BCUT2D eigenvalue weighted by Crippen LogP contribution is 2.25. The van der Waals surface area contributed by atoms with Crippen molar-refractivity contribution < 1.29 is 4.74 Å². The second-order valence-electron chi connectivity index (χ2n) is 6.03. The fourth-order valence-electron chi connectivity index (χ4n) is 2.90. The van der Waals surface area contributed by atoms with Crippen molar-refractivity contribution in [1.29, 1.82) is 0 Å². The summed E-state index contributed by atoms with van der Waals surface area (Å²) >= 11 is 5.57. The Morgan fingerprint density at radius 3 is 2.38 bits per heavy atom. The molecule has 132 valence electrons. The molecule has 0 aliphatic heterocycles. The van der Waals surface area contributed by atoms with Crippen LogP contribution in [0.4, 0.5) is 5.69 Å². The maximum atomic E-state index is 5.57. The van der Waals surface area contributed by atoms with Crippen molar-refractivity contribution in [2.75, 3.05) is 12.4 Å². The predicted molar refractivity (Wildman–Crippen MR) is 112 cm³/mol. The van der Waals surface area contributed by atoms with Gasteiger partial charge >= 0.3 is 0 Å². The molecule has 0 unspecified atom stereocenters. The summed E-state index contributed by atoms with van der Waals surface area (Å²) in [5.74, 6) is 0.788. The first-order valence-electron chi connectivity index (χ1n) is 8.49. The van der Waals surface area contributed by atoms with E-state index in [0.29, 0.717) is 5.11 Å². The van der Waals surface area contributed by atoms with Crippen molar-refractivity contribution in [3.63, 3.8) is 0 Å². The summed E-state index contributed by atoms with van der Waals surface area (Å²) in [6.07, 6.45) is 0. The molecule has 26 heavy (non-hydrogen) atoms. The van der Waals surface area contributed by atoms with Crippen molar-refractivity contribution in [1.82, 2.24) is 5.32 Å². The number of thiocarbonyl (C=S) groups is 1. The van der Waals surface area contributed by atoms with E-state index in [4.69, 9.17) is 17.0 Å². The van der Waals surface area contributed by atoms with Gasteiger partial charge in [0.1, 0.15) is 5.75 Å². The van der Waals surface area contributed by atoms with Gasteiger partial charge in [-0.2, -0.15) is 0 Å². The summed E-state index contributed by atoms with van der Waals surface area (Å²) in [6.45, 7) is 2.12. The van der Waals surface area contributed by atoms with Crippen LogP contribution in [0.15, 0.2) is 78.9 Å². The highest BCUT2D eigenvalue weighted by molar-refractivity contribution is 7.80. The van der Waals surface area contributed by atoms with Crippen molar-refractivity contribution in [2.45, 2.75) is 13.0 Å². The number of hydrogen-bond acceptors (Lipinski definition) is 2. The lowest BCUT2D eigenvalue weighted by Crippen LogP contribution is -2.33. The average Bonchev–Trinajstić information content (AvgIpc) is 2.67. The van der Waals surface area contributed by atoms with Crippen LogP contribution in [0.25, 0.3) is 0 Å². The van der Waals surface area contributed by atoms with Gasteiger partial charge < -0.3 is 15.4 Å². The van der Waals surface area contributed by atoms with Crippen LogP contribution in [0.3, 0.4) is 0 Å². The zero-order valence-corrected chi connectivity index (χ0v) is 15.7. The Bertz CT molecular complexity index is 880. The number of anilines is 1. The lowest BCUT2D eigenvalue weighted by molar-refractivity contribution is 0.415. The molecule has 0 saturated heterocycles.